The zero-order chi connectivity index (χ0) is 15.0. The molecule has 1 aliphatic heterocycles. The van der Waals surface area contributed by atoms with Crippen LogP contribution in [-0.2, 0) is 19.4 Å². The van der Waals surface area contributed by atoms with Crippen molar-refractivity contribution < 1.29 is 9.21 Å². The molecule has 0 aliphatic carbocycles. The average Bonchev–Trinajstić information content (AvgIpc) is 2.87. The third-order valence-corrected chi connectivity index (χ3v) is 3.64. The van der Waals surface area contributed by atoms with Crippen LogP contribution in [0.5, 0.6) is 0 Å². The minimum atomic E-state index is -0.201. The van der Waals surface area contributed by atoms with Crippen LogP contribution in [0.2, 0.25) is 0 Å². The fourth-order valence-corrected chi connectivity index (χ4v) is 2.48. The number of aryl methyl sites for hydroxylation is 2. The predicted octanol–water partition coefficient (Wildman–Crippen LogP) is 0.827. The molecule has 2 aromatic rings. The first-order chi connectivity index (χ1) is 10.1. The Morgan fingerprint density at radius 1 is 1.52 bits per heavy atom. The van der Waals surface area contributed by atoms with E-state index in [4.69, 9.17) is 4.42 Å². The van der Waals surface area contributed by atoms with Crippen LogP contribution < -0.4 is 5.56 Å². The smallest absolute Gasteiger partial charge is 0.291 e. The summed E-state index contributed by atoms with van der Waals surface area (Å²) in [5, 5.41) is 0. The maximum atomic E-state index is 12.5. The zero-order valence-electron chi connectivity index (χ0n) is 12.0. The van der Waals surface area contributed by atoms with E-state index in [9.17, 15) is 9.59 Å². The first-order valence-electron chi connectivity index (χ1n) is 6.91. The second-order valence-corrected chi connectivity index (χ2v) is 5.01. The van der Waals surface area contributed by atoms with Crippen molar-refractivity contribution in [1.82, 2.24) is 19.9 Å². The fourth-order valence-electron chi connectivity index (χ4n) is 2.48. The van der Waals surface area contributed by atoms with Gasteiger partial charge in [-0.2, -0.15) is 0 Å². The highest BCUT2D eigenvalue weighted by Gasteiger charge is 2.28. The number of amides is 1. The Bertz CT molecular complexity index is 747. The molecule has 21 heavy (non-hydrogen) atoms. The molecule has 0 aromatic carbocycles. The van der Waals surface area contributed by atoms with Gasteiger partial charge in [-0.05, 0) is 13.3 Å². The van der Waals surface area contributed by atoms with Crippen LogP contribution in [0.25, 0.3) is 0 Å². The molecular formula is C14H16N4O3. The number of aromatic nitrogens is 3. The number of hydrogen-bond donors (Lipinski definition) is 1. The number of carbonyl (C=O) groups is 1. The number of aromatic amines is 1. The number of carbonyl (C=O) groups excluding carboxylic acids is 1. The summed E-state index contributed by atoms with van der Waals surface area (Å²) in [7, 11) is 0. The van der Waals surface area contributed by atoms with E-state index in [1.54, 1.807) is 11.8 Å². The van der Waals surface area contributed by atoms with Crippen LogP contribution in [-0.4, -0.2) is 32.3 Å². The van der Waals surface area contributed by atoms with Crippen molar-refractivity contribution in [3.63, 3.8) is 0 Å². The van der Waals surface area contributed by atoms with Gasteiger partial charge in [-0.25, -0.2) is 9.97 Å². The Balaban J connectivity index is 1.87. The highest BCUT2D eigenvalue weighted by atomic mass is 16.4. The molecule has 1 amide bonds. The molecular weight excluding hydrogens is 272 g/mol. The van der Waals surface area contributed by atoms with Crippen molar-refractivity contribution in [2.45, 2.75) is 33.2 Å². The van der Waals surface area contributed by atoms with E-state index in [1.807, 2.05) is 6.92 Å². The number of rotatable bonds is 2. The second kappa shape index (κ2) is 5.16. The van der Waals surface area contributed by atoms with Gasteiger partial charge in [0.25, 0.3) is 11.5 Å². The minimum absolute atomic E-state index is 0.129. The molecule has 7 nitrogen and oxygen atoms in total. The molecule has 0 unspecified atom stereocenters. The maximum absolute atomic E-state index is 12.5. The number of oxazole rings is 1. The van der Waals surface area contributed by atoms with Crippen molar-refractivity contribution in [2.24, 2.45) is 0 Å². The predicted molar refractivity (Wildman–Crippen MR) is 73.9 cm³/mol. The first kappa shape index (κ1) is 13.5. The van der Waals surface area contributed by atoms with Crippen molar-refractivity contribution in [3.8, 4) is 0 Å². The van der Waals surface area contributed by atoms with E-state index < -0.39 is 0 Å². The van der Waals surface area contributed by atoms with Gasteiger partial charge in [0.15, 0.2) is 5.89 Å². The van der Waals surface area contributed by atoms with Gasteiger partial charge < -0.3 is 14.3 Å². The number of H-pyrrole nitrogens is 1. The van der Waals surface area contributed by atoms with Gasteiger partial charge in [0.2, 0.25) is 5.76 Å². The maximum Gasteiger partial charge on any atom is 0.291 e. The van der Waals surface area contributed by atoms with Crippen LogP contribution in [0.3, 0.4) is 0 Å². The monoisotopic (exact) mass is 288 g/mol. The molecule has 0 radical (unpaired) electrons. The lowest BCUT2D eigenvalue weighted by atomic mass is 10.1. The standard InChI is InChI=1S/C14H16N4O3/c1-3-11-17-8(2)12(21-11)14(20)18-5-4-9-10(6-18)15-7-16-13(9)19/h7H,3-6H2,1-2H3,(H,15,16,19). The molecule has 0 saturated carbocycles. The Kier molecular flexibility index (Phi) is 3.32. The number of fused-ring (bicyclic) bond motifs is 1. The number of nitrogens with zero attached hydrogens (tertiary/aromatic N) is 3. The topological polar surface area (TPSA) is 92.1 Å². The number of hydrogen-bond acceptors (Lipinski definition) is 5. The van der Waals surface area contributed by atoms with Crippen LogP contribution in [0.15, 0.2) is 15.5 Å². The van der Waals surface area contributed by atoms with Crippen LogP contribution in [0.4, 0.5) is 0 Å². The summed E-state index contributed by atoms with van der Waals surface area (Å²) < 4.78 is 5.50. The molecule has 0 fully saturated rings. The second-order valence-electron chi connectivity index (χ2n) is 5.01. The van der Waals surface area contributed by atoms with Gasteiger partial charge in [-0.3, -0.25) is 9.59 Å². The molecule has 3 heterocycles. The van der Waals surface area contributed by atoms with Gasteiger partial charge in [0.1, 0.15) is 0 Å². The van der Waals surface area contributed by atoms with Gasteiger partial charge in [-0.1, -0.05) is 6.92 Å². The molecule has 1 N–H and O–H groups in total. The normalized spacial score (nSPS) is 14.1. The summed E-state index contributed by atoms with van der Waals surface area (Å²) in [6.45, 7) is 4.48. The van der Waals surface area contributed by atoms with E-state index in [0.717, 1.165) is 0 Å². The SMILES string of the molecule is CCc1nc(C)c(C(=O)N2CCc3c(nc[nH]c3=O)C2)o1. The van der Waals surface area contributed by atoms with Crippen molar-refractivity contribution in [2.75, 3.05) is 6.54 Å². The van der Waals surface area contributed by atoms with E-state index in [0.29, 0.717) is 48.8 Å². The summed E-state index contributed by atoms with van der Waals surface area (Å²) in [6.07, 6.45) is 2.51. The van der Waals surface area contributed by atoms with Crippen molar-refractivity contribution in [1.29, 1.82) is 0 Å². The Morgan fingerprint density at radius 3 is 3.05 bits per heavy atom. The highest BCUT2D eigenvalue weighted by molar-refractivity contribution is 5.92. The molecule has 0 saturated heterocycles. The van der Waals surface area contributed by atoms with Gasteiger partial charge in [0.05, 0.1) is 24.3 Å². The molecule has 1 aliphatic rings. The Labute approximate surface area is 121 Å². The third-order valence-electron chi connectivity index (χ3n) is 3.64. The van der Waals surface area contributed by atoms with E-state index >= 15 is 0 Å². The van der Waals surface area contributed by atoms with E-state index in [1.165, 1.54) is 6.33 Å². The van der Waals surface area contributed by atoms with Crippen LogP contribution in [0.1, 0.15) is 40.3 Å². The molecule has 0 bridgehead atoms. The fraction of sp³-hybridized carbons (Fsp3) is 0.429. The molecule has 0 spiro atoms. The summed E-state index contributed by atoms with van der Waals surface area (Å²) in [5.74, 6) is 0.635. The van der Waals surface area contributed by atoms with E-state index in [2.05, 4.69) is 15.0 Å². The lowest BCUT2D eigenvalue weighted by Crippen LogP contribution is -2.39. The van der Waals surface area contributed by atoms with Gasteiger partial charge in [0, 0.05) is 18.5 Å². The van der Waals surface area contributed by atoms with Crippen molar-refractivity contribution >= 4 is 5.91 Å². The molecule has 110 valence electrons. The van der Waals surface area contributed by atoms with E-state index in [-0.39, 0.29) is 17.2 Å². The molecule has 2 aromatic heterocycles. The zero-order valence-corrected chi connectivity index (χ0v) is 12.0. The summed E-state index contributed by atoms with van der Waals surface area (Å²) in [6, 6.07) is 0. The third kappa shape index (κ3) is 2.35. The highest BCUT2D eigenvalue weighted by Crippen LogP contribution is 2.18. The quantitative estimate of drug-likeness (QED) is 0.883. The molecule has 0 atom stereocenters. The Morgan fingerprint density at radius 2 is 2.33 bits per heavy atom. The summed E-state index contributed by atoms with van der Waals surface area (Å²) >= 11 is 0. The Hall–Kier alpha value is -2.44. The lowest BCUT2D eigenvalue weighted by molar-refractivity contribution is 0.0696. The molecule has 7 heteroatoms. The first-order valence-corrected chi connectivity index (χ1v) is 6.91. The van der Waals surface area contributed by atoms with Crippen molar-refractivity contribution in [3.05, 3.63) is 45.3 Å². The molecule has 3 rings (SSSR count). The number of nitrogens with one attached hydrogen (secondary N) is 1. The average molecular weight is 288 g/mol. The van der Waals surface area contributed by atoms with Gasteiger partial charge in [-0.15, -0.1) is 0 Å². The minimum Gasteiger partial charge on any atom is -0.435 e. The van der Waals surface area contributed by atoms with Crippen LogP contribution in [0, 0.1) is 6.92 Å². The largest absolute Gasteiger partial charge is 0.435 e. The van der Waals surface area contributed by atoms with Crippen LogP contribution >= 0.6 is 0 Å². The summed E-state index contributed by atoms with van der Waals surface area (Å²) in [5.41, 5.74) is 1.77. The lowest BCUT2D eigenvalue weighted by Gasteiger charge is -2.26. The van der Waals surface area contributed by atoms with Gasteiger partial charge >= 0.3 is 0 Å². The summed E-state index contributed by atoms with van der Waals surface area (Å²) in [4.78, 5) is 36.8.